The number of amides is 1. The third kappa shape index (κ3) is 4.45. The van der Waals surface area contributed by atoms with Gasteiger partial charge in [0.1, 0.15) is 0 Å². The molecule has 2 heterocycles. The second-order valence-corrected chi connectivity index (χ2v) is 6.44. The van der Waals surface area contributed by atoms with Crippen LogP contribution in [0.3, 0.4) is 0 Å². The van der Waals surface area contributed by atoms with Gasteiger partial charge in [-0.05, 0) is 49.9 Å². The van der Waals surface area contributed by atoms with E-state index < -0.39 is 0 Å². The molecule has 1 amide bonds. The number of rotatable bonds is 6. The number of hydrogen-bond donors (Lipinski definition) is 1. The summed E-state index contributed by atoms with van der Waals surface area (Å²) in [5, 5.41) is 7.38. The van der Waals surface area contributed by atoms with Crippen molar-refractivity contribution < 1.29 is 4.79 Å². The van der Waals surface area contributed by atoms with Crippen LogP contribution in [0, 0.1) is 0 Å². The van der Waals surface area contributed by atoms with Crippen LogP contribution in [0.4, 0.5) is 0 Å². The molecule has 1 aromatic carbocycles. The van der Waals surface area contributed by atoms with Gasteiger partial charge in [-0.2, -0.15) is 5.10 Å². The lowest BCUT2D eigenvalue weighted by atomic mass is 9.91. The average molecular weight is 326 g/mol. The zero-order valence-corrected chi connectivity index (χ0v) is 14.3. The highest BCUT2D eigenvalue weighted by Crippen LogP contribution is 2.27. The molecule has 1 N–H and O–H groups in total. The van der Waals surface area contributed by atoms with Crippen molar-refractivity contribution in [3.8, 4) is 0 Å². The van der Waals surface area contributed by atoms with Gasteiger partial charge in [0.15, 0.2) is 0 Å². The quantitative estimate of drug-likeness (QED) is 0.887. The summed E-state index contributed by atoms with van der Waals surface area (Å²) in [5.41, 5.74) is 2.47. The predicted molar refractivity (Wildman–Crippen MR) is 94.6 cm³/mol. The number of piperidine rings is 1. The van der Waals surface area contributed by atoms with Gasteiger partial charge in [0.05, 0.1) is 12.7 Å². The van der Waals surface area contributed by atoms with Crippen LogP contribution in [-0.2, 0) is 17.9 Å². The number of carbonyl (C=O) groups excluding carboxylic acids is 1. The Hall–Kier alpha value is -2.14. The summed E-state index contributed by atoms with van der Waals surface area (Å²) >= 11 is 0. The molecular weight excluding hydrogens is 300 g/mol. The van der Waals surface area contributed by atoms with Crippen LogP contribution < -0.4 is 5.32 Å². The molecule has 2 aromatic rings. The highest BCUT2D eigenvalue weighted by molar-refractivity contribution is 5.78. The van der Waals surface area contributed by atoms with Crippen LogP contribution in [0.15, 0.2) is 42.7 Å². The van der Waals surface area contributed by atoms with Crippen LogP contribution in [0.5, 0.6) is 0 Å². The minimum absolute atomic E-state index is 0.108. The average Bonchev–Trinajstić information content (AvgIpc) is 3.11. The first kappa shape index (κ1) is 16.7. The SMILES string of the molecule is CCn1cc(C2CCN(CC(=O)NCc3ccccc3)CC2)cn1. The monoisotopic (exact) mass is 326 g/mol. The predicted octanol–water partition coefficient (Wildman–Crippen LogP) is 2.40. The topological polar surface area (TPSA) is 50.2 Å². The number of likely N-dealkylation sites (tertiary alicyclic amines) is 1. The third-order valence-electron chi connectivity index (χ3n) is 4.74. The molecule has 1 aliphatic rings. The van der Waals surface area contributed by atoms with Crippen molar-refractivity contribution >= 4 is 5.91 Å². The van der Waals surface area contributed by atoms with Crippen molar-refractivity contribution in [2.75, 3.05) is 19.6 Å². The van der Waals surface area contributed by atoms with Gasteiger partial charge in [-0.1, -0.05) is 30.3 Å². The van der Waals surface area contributed by atoms with Crippen LogP contribution in [-0.4, -0.2) is 40.2 Å². The molecule has 3 rings (SSSR count). The molecule has 5 heteroatoms. The summed E-state index contributed by atoms with van der Waals surface area (Å²) in [7, 11) is 0. The molecule has 0 bridgehead atoms. The Morgan fingerprint density at radius 2 is 2.00 bits per heavy atom. The van der Waals surface area contributed by atoms with Crippen LogP contribution in [0.2, 0.25) is 0 Å². The van der Waals surface area contributed by atoms with Crippen molar-refractivity contribution in [3.63, 3.8) is 0 Å². The van der Waals surface area contributed by atoms with Crippen LogP contribution in [0.25, 0.3) is 0 Å². The Balaban J connectivity index is 1.41. The second kappa shape index (κ2) is 8.11. The first-order valence-corrected chi connectivity index (χ1v) is 8.80. The Bertz CT molecular complexity index is 644. The molecule has 1 aliphatic heterocycles. The summed E-state index contributed by atoms with van der Waals surface area (Å²) in [6.07, 6.45) is 6.35. The van der Waals surface area contributed by atoms with Gasteiger partial charge in [0.2, 0.25) is 5.91 Å². The minimum atomic E-state index is 0.108. The Morgan fingerprint density at radius 3 is 2.67 bits per heavy atom. The first-order valence-electron chi connectivity index (χ1n) is 8.80. The highest BCUT2D eigenvalue weighted by atomic mass is 16.2. The summed E-state index contributed by atoms with van der Waals surface area (Å²) < 4.78 is 1.98. The van der Waals surface area contributed by atoms with Crippen LogP contribution >= 0.6 is 0 Å². The summed E-state index contributed by atoms with van der Waals surface area (Å²) in [6, 6.07) is 10.0. The minimum Gasteiger partial charge on any atom is -0.351 e. The van der Waals surface area contributed by atoms with E-state index in [0.29, 0.717) is 19.0 Å². The maximum absolute atomic E-state index is 12.1. The molecule has 1 aromatic heterocycles. The Morgan fingerprint density at radius 1 is 1.25 bits per heavy atom. The standard InChI is InChI=1S/C19H26N4O/c1-2-23-14-18(13-21-23)17-8-10-22(11-9-17)15-19(24)20-12-16-6-4-3-5-7-16/h3-7,13-14,17H,2,8-12,15H2,1H3,(H,20,24). The maximum Gasteiger partial charge on any atom is 0.234 e. The lowest BCUT2D eigenvalue weighted by molar-refractivity contribution is -0.122. The second-order valence-electron chi connectivity index (χ2n) is 6.44. The van der Waals surface area contributed by atoms with E-state index in [1.165, 1.54) is 5.56 Å². The fourth-order valence-corrected chi connectivity index (χ4v) is 3.24. The van der Waals surface area contributed by atoms with Crippen molar-refractivity contribution in [3.05, 3.63) is 53.9 Å². The van der Waals surface area contributed by atoms with Gasteiger partial charge in [-0.15, -0.1) is 0 Å². The fraction of sp³-hybridized carbons (Fsp3) is 0.474. The van der Waals surface area contributed by atoms with E-state index in [4.69, 9.17) is 0 Å². The maximum atomic E-state index is 12.1. The molecule has 0 radical (unpaired) electrons. The summed E-state index contributed by atoms with van der Waals surface area (Å²) in [4.78, 5) is 14.4. The van der Waals surface area contributed by atoms with Gasteiger partial charge in [-0.3, -0.25) is 14.4 Å². The van der Waals surface area contributed by atoms with E-state index in [2.05, 4.69) is 28.4 Å². The smallest absolute Gasteiger partial charge is 0.234 e. The van der Waals surface area contributed by atoms with Crippen molar-refractivity contribution in [1.82, 2.24) is 20.0 Å². The Labute approximate surface area is 143 Å². The molecule has 0 spiro atoms. The van der Waals surface area contributed by atoms with Gasteiger partial charge < -0.3 is 5.32 Å². The van der Waals surface area contributed by atoms with E-state index >= 15 is 0 Å². The normalized spacial score (nSPS) is 16.2. The number of nitrogens with zero attached hydrogens (tertiary/aromatic N) is 3. The summed E-state index contributed by atoms with van der Waals surface area (Å²) in [6.45, 7) is 6.06. The molecule has 1 saturated heterocycles. The van der Waals surface area contributed by atoms with Gasteiger partial charge >= 0.3 is 0 Å². The van der Waals surface area contributed by atoms with E-state index in [9.17, 15) is 4.79 Å². The molecule has 5 nitrogen and oxygen atoms in total. The van der Waals surface area contributed by atoms with Gasteiger partial charge in [0, 0.05) is 19.3 Å². The van der Waals surface area contributed by atoms with E-state index in [-0.39, 0.29) is 5.91 Å². The fourth-order valence-electron chi connectivity index (χ4n) is 3.24. The molecule has 1 fully saturated rings. The number of carbonyl (C=O) groups is 1. The van der Waals surface area contributed by atoms with E-state index in [1.54, 1.807) is 0 Å². The van der Waals surface area contributed by atoms with Gasteiger partial charge in [-0.25, -0.2) is 0 Å². The molecular formula is C19H26N4O. The lowest BCUT2D eigenvalue weighted by Crippen LogP contribution is -2.40. The molecule has 0 saturated carbocycles. The molecule has 0 aliphatic carbocycles. The zero-order chi connectivity index (χ0) is 16.8. The Kier molecular flexibility index (Phi) is 5.64. The summed E-state index contributed by atoms with van der Waals surface area (Å²) in [5.74, 6) is 0.685. The molecule has 0 atom stereocenters. The van der Waals surface area contributed by atoms with Gasteiger partial charge in [0.25, 0.3) is 0 Å². The number of nitrogens with one attached hydrogen (secondary N) is 1. The number of benzene rings is 1. The van der Waals surface area contributed by atoms with E-state index in [1.807, 2.05) is 41.2 Å². The highest BCUT2D eigenvalue weighted by Gasteiger charge is 2.22. The lowest BCUT2D eigenvalue weighted by Gasteiger charge is -2.31. The first-order chi connectivity index (χ1) is 11.7. The third-order valence-corrected chi connectivity index (χ3v) is 4.74. The van der Waals surface area contributed by atoms with Crippen molar-refractivity contribution in [2.24, 2.45) is 0 Å². The zero-order valence-electron chi connectivity index (χ0n) is 14.3. The van der Waals surface area contributed by atoms with Crippen molar-refractivity contribution in [1.29, 1.82) is 0 Å². The van der Waals surface area contributed by atoms with Crippen molar-refractivity contribution in [2.45, 2.75) is 38.8 Å². The molecule has 24 heavy (non-hydrogen) atoms. The number of hydrogen-bond acceptors (Lipinski definition) is 3. The van der Waals surface area contributed by atoms with E-state index in [0.717, 1.165) is 38.0 Å². The molecule has 0 unspecified atom stereocenters. The largest absolute Gasteiger partial charge is 0.351 e. The number of aryl methyl sites for hydroxylation is 1. The molecule has 128 valence electrons. The van der Waals surface area contributed by atoms with Crippen LogP contribution in [0.1, 0.15) is 36.8 Å². The number of aromatic nitrogens is 2.